The number of carbonyl (C=O) groups excluding carboxylic acids is 1. The summed E-state index contributed by atoms with van der Waals surface area (Å²) in [4.78, 5) is 10.1. The van der Waals surface area contributed by atoms with Crippen molar-refractivity contribution >= 4 is 6.29 Å². The van der Waals surface area contributed by atoms with Crippen molar-refractivity contribution in [2.75, 3.05) is 13.4 Å². The molecule has 0 saturated heterocycles. The molecule has 3 heteroatoms. The van der Waals surface area contributed by atoms with E-state index < -0.39 is 0 Å². The Labute approximate surface area is 105 Å². The van der Waals surface area contributed by atoms with Crippen LogP contribution in [0.25, 0.3) is 0 Å². The second kappa shape index (κ2) is 15.2. The zero-order valence-electron chi connectivity index (χ0n) is 11.0. The Morgan fingerprint density at radius 2 is 1.71 bits per heavy atom. The zero-order chi connectivity index (χ0) is 12.6. The van der Waals surface area contributed by atoms with E-state index in [9.17, 15) is 4.79 Å². The summed E-state index contributed by atoms with van der Waals surface area (Å²) in [7, 11) is 0. The van der Waals surface area contributed by atoms with E-state index in [0.29, 0.717) is 13.2 Å². The predicted molar refractivity (Wildman–Crippen MR) is 69.7 cm³/mol. The maximum atomic E-state index is 10.1. The Bertz CT molecular complexity index is 178. The lowest BCUT2D eigenvalue weighted by Gasteiger charge is -2.01. The van der Waals surface area contributed by atoms with Crippen LogP contribution in [0.3, 0.4) is 0 Å². The quantitative estimate of drug-likeness (QED) is 0.213. The van der Waals surface area contributed by atoms with E-state index in [4.69, 9.17) is 9.47 Å². The van der Waals surface area contributed by atoms with Crippen molar-refractivity contribution < 1.29 is 14.3 Å². The highest BCUT2D eigenvalue weighted by Crippen LogP contribution is 2.06. The minimum atomic E-state index is 0.357. The van der Waals surface area contributed by atoms with Gasteiger partial charge in [-0.2, -0.15) is 0 Å². The summed E-state index contributed by atoms with van der Waals surface area (Å²) >= 11 is 0. The number of rotatable bonds is 13. The van der Waals surface area contributed by atoms with Crippen molar-refractivity contribution in [3.63, 3.8) is 0 Å². The minimum absolute atomic E-state index is 0.357. The predicted octanol–water partition coefficient (Wildman–Crippen LogP) is 3.83. The van der Waals surface area contributed by atoms with Crippen molar-refractivity contribution in [3.05, 3.63) is 12.3 Å². The van der Waals surface area contributed by atoms with Crippen LogP contribution in [0.5, 0.6) is 0 Å². The molecule has 0 heterocycles. The molecule has 0 aromatic rings. The lowest BCUT2D eigenvalue weighted by Crippen LogP contribution is -1.96. The molecule has 0 atom stereocenters. The molecule has 3 nitrogen and oxygen atoms in total. The number of hydrogen-bond donors (Lipinski definition) is 0. The Morgan fingerprint density at radius 3 is 2.41 bits per heavy atom. The first kappa shape index (κ1) is 16.2. The standard InChI is InChI=1S/C14H26O3/c1-2-12-16-14-17-13-10-8-6-4-3-5-7-9-11-15/h10-11,13H,2-9,12,14H2,1H3. The average Bonchev–Trinajstić information content (AvgIpc) is 2.35. The van der Waals surface area contributed by atoms with E-state index in [0.717, 1.165) is 32.2 Å². The number of unbranched alkanes of at least 4 members (excludes halogenated alkanes) is 6. The van der Waals surface area contributed by atoms with Crippen molar-refractivity contribution in [1.82, 2.24) is 0 Å². The third-order valence-corrected chi connectivity index (χ3v) is 2.39. The smallest absolute Gasteiger partial charge is 0.188 e. The van der Waals surface area contributed by atoms with Crippen LogP contribution >= 0.6 is 0 Å². The highest BCUT2D eigenvalue weighted by molar-refractivity contribution is 5.48. The molecule has 0 aromatic carbocycles. The van der Waals surface area contributed by atoms with Gasteiger partial charge in [0.05, 0.1) is 12.9 Å². The van der Waals surface area contributed by atoms with Gasteiger partial charge in [0, 0.05) is 6.42 Å². The van der Waals surface area contributed by atoms with Gasteiger partial charge in [-0.25, -0.2) is 0 Å². The Hall–Kier alpha value is -0.830. The monoisotopic (exact) mass is 242 g/mol. The van der Waals surface area contributed by atoms with Crippen molar-refractivity contribution in [3.8, 4) is 0 Å². The molecule has 17 heavy (non-hydrogen) atoms. The molecule has 0 fully saturated rings. The van der Waals surface area contributed by atoms with Crippen LogP contribution in [0.15, 0.2) is 12.3 Å². The van der Waals surface area contributed by atoms with Gasteiger partial charge in [0.1, 0.15) is 6.29 Å². The van der Waals surface area contributed by atoms with Crippen LogP contribution in [0.2, 0.25) is 0 Å². The molecule has 0 N–H and O–H groups in total. The minimum Gasteiger partial charge on any atom is -0.475 e. The first-order valence-electron chi connectivity index (χ1n) is 6.69. The summed E-state index contributed by atoms with van der Waals surface area (Å²) < 4.78 is 10.3. The molecule has 0 rings (SSSR count). The van der Waals surface area contributed by atoms with Crippen LogP contribution < -0.4 is 0 Å². The summed E-state index contributed by atoms with van der Waals surface area (Å²) in [6, 6.07) is 0. The van der Waals surface area contributed by atoms with Crippen molar-refractivity contribution in [2.45, 2.75) is 58.3 Å². The van der Waals surface area contributed by atoms with Gasteiger partial charge in [-0.05, 0) is 31.8 Å². The molecule has 0 aliphatic heterocycles. The molecule has 0 radical (unpaired) electrons. The van der Waals surface area contributed by atoms with Gasteiger partial charge < -0.3 is 14.3 Å². The number of carbonyl (C=O) groups is 1. The van der Waals surface area contributed by atoms with E-state index in [-0.39, 0.29) is 0 Å². The third-order valence-electron chi connectivity index (χ3n) is 2.39. The molecule has 0 aromatic heterocycles. The molecular formula is C14H26O3. The summed E-state index contributed by atoms with van der Waals surface area (Å²) in [6.07, 6.45) is 13.4. The Kier molecular flexibility index (Phi) is 14.4. The largest absolute Gasteiger partial charge is 0.475 e. The SMILES string of the molecule is CCCOCOC=CCCCCCCCC=O. The fourth-order valence-corrected chi connectivity index (χ4v) is 1.45. The van der Waals surface area contributed by atoms with Gasteiger partial charge in [-0.3, -0.25) is 0 Å². The van der Waals surface area contributed by atoms with E-state index in [1.54, 1.807) is 6.26 Å². The molecular weight excluding hydrogens is 216 g/mol. The van der Waals surface area contributed by atoms with E-state index in [1.807, 2.05) is 6.08 Å². The zero-order valence-corrected chi connectivity index (χ0v) is 11.0. The van der Waals surface area contributed by atoms with Gasteiger partial charge in [-0.1, -0.05) is 26.2 Å². The number of hydrogen-bond acceptors (Lipinski definition) is 3. The highest BCUT2D eigenvalue weighted by atomic mass is 16.7. The first-order valence-corrected chi connectivity index (χ1v) is 6.69. The van der Waals surface area contributed by atoms with Gasteiger partial charge in [0.15, 0.2) is 6.79 Å². The highest BCUT2D eigenvalue weighted by Gasteiger charge is 1.89. The molecule has 0 amide bonds. The number of allylic oxidation sites excluding steroid dienone is 1. The molecule has 0 bridgehead atoms. The first-order chi connectivity index (χ1) is 8.41. The second-order valence-corrected chi connectivity index (χ2v) is 4.08. The van der Waals surface area contributed by atoms with Gasteiger partial charge >= 0.3 is 0 Å². The normalized spacial score (nSPS) is 10.9. The molecule has 0 unspecified atom stereocenters. The molecule has 100 valence electrons. The lowest BCUT2D eigenvalue weighted by atomic mass is 10.1. The Balaban J connectivity index is 3.01. The maximum Gasteiger partial charge on any atom is 0.188 e. The fourth-order valence-electron chi connectivity index (χ4n) is 1.45. The molecule has 0 spiro atoms. The molecule has 0 aliphatic rings. The fraction of sp³-hybridized carbons (Fsp3) is 0.786. The summed E-state index contributed by atoms with van der Waals surface area (Å²) in [5.74, 6) is 0. The van der Waals surface area contributed by atoms with E-state index >= 15 is 0 Å². The summed E-state index contributed by atoms with van der Waals surface area (Å²) in [5, 5.41) is 0. The maximum absolute atomic E-state index is 10.1. The Morgan fingerprint density at radius 1 is 1.00 bits per heavy atom. The van der Waals surface area contributed by atoms with Crippen LogP contribution in [0, 0.1) is 0 Å². The summed E-state index contributed by atoms with van der Waals surface area (Å²) in [6.45, 7) is 3.19. The molecule has 0 saturated carbocycles. The summed E-state index contributed by atoms with van der Waals surface area (Å²) in [5.41, 5.74) is 0. The van der Waals surface area contributed by atoms with E-state index in [1.165, 1.54) is 25.7 Å². The van der Waals surface area contributed by atoms with Crippen LogP contribution in [0.4, 0.5) is 0 Å². The van der Waals surface area contributed by atoms with Crippen LogP contribution in [0.1, 0.15) is 58.3 Å². The van der Waals surface area contributed by atoms with Crippen molar-refractivity contribution in [1.29, 1.82) is 0 Å². The van der Waals surface area contributed by atoms with Crippen LogP contribution in [-0.2, 0) is 14.3 Å². The van der Waals surface area contributed by atoms with E-state index in [2.05, 4.69) is 6.92 Å². The second-order valence-electron chi connectivity index (χ2n) is 4.08. The number of aldehydes is 1. The topological polar surface area (TPSA) is 35.5 Å². The average molecular weight is 242 g/mol. The van der Waals surface area contributed by atoms with Gasteiger partial charge in [0.2, 0.25) is 0 Å². The molecule has 0 aliphatic carbocycles. The lowest BCUT2D eigenvalue weighted by molar-refractivity contribution is -0.107. The number of ether oxygens (including phenoxy) is 2. The van der Waals surface area contributed by atoms with Gasteiger partial charge in [0.25, 0.3) is 0 Å². The van der Waals surface area contributed by atoms with Crippen molar-refractivity contribution in [2.24, 2.45) is 0 Å². The third kappa shape index (κ3) is 15.2. The van der Waals surface area contributed by atoms with Gasteiger partial charge in [-0.15, -0.1) is 0 Å². The van der Waals surface area contributed by atoms with Crippen LogP contribution in [-0.4, -0.2) is 19.7 Å².